The van der Waals surface area contributed by atoms with Gasteiger partial charge in [0.25, 0.3) is 0 Å². The number of fused-ring (bicyclic) bond motifs is 3. The zero-order valence-electron chi connectivity index (χ0n) is 17.2. The van der Waals surface area contributed by atoms with E-state index in [0.29, 0.717) is 11.8 Å². The van der Waals surface area contributed by atoms with E-state index in [1.807, 2.05) is 4.90 Å². The van der Waals surface area contributed by atoms with Crippen molar-refractivity contribution in [3.8, 4) is 0 Å². The first-order chi connectivity index (χ1) is 13.4. The number of likely N-dealkylation sites (tertiary alicyclic amines) is 1. The number of rotatable bonds is 4. The molecule has 150 valence electrons. The number of nitrogens with zero attached hydrogens (tertiary/aromatic N) is 5. The van der Waals surface area contributed by atoms with Crippen LogP contribution in [0.1, 0.15) is 62.2 Å². The number of piperidine rings is 1. The number of aryl methyl sites for hydroxylation is 2. The van der Waals surface area contributed by atoms with Gasteiger partial charge in [0.2, 0.25) is 5.91 Å². The second-order valence-corrected chi connectivity index (χ2v) is 10.1. The third-order valence-corrected chi connectivity index (χ3v) is 7.65. The topological polar surface area (TPSA) is 63.4 Å². The van der Waals surface area contributed by atoms with Crippen molar-refractivity contribution in [1.29, 1.82) is 0 Å². The minimum atomic E-state index is 0.191. The number of aromatic nitrogens is 4. The summed E-state index contributed by atoms with van der Waals surface area (Å²) in [4.78, 5) is 22.0. The second-order valence-electron chi connectivity index (χ2n) is 7.95. The van der Waals surface area contributed by atoms with Crippen molar-refractivity contribution in [3.63, 3.8) is 0 Å². The van der Waals surface area contributed by atoms with E-state index in [-0.39, 0.29) is 11.8 Å². The Morgan fingerprint density at radius 3 is 2.79 bits per heavy atom. The van der Waals surface area contributed by atoms with Crippen molar-refractivity contribution in [2.24, 2.45) is 0 Å². The van der Waals surface area contributed by atoms with Gasteiger partial charge in [-0.3, -0.25) is 9.20 Å². The predicted octanol–water partition coefficient (Wildman–Crippen LogP) is 4.57. The summed E-state index contributed by atoms with van der Waals surface area (Å²) in [5, 5.41) is 10.8. The molecule has 1 aliphatic heterocycles. The molecule has 0 aliphatic carbocycles. The van der Waals surface area contributed by atoms with Gasteiger partial charge in [0.15, 0.2) is 10.8 Å². The van der Waals surface area contributed by atoms with Crippen LogP contribution < -0.4 is 0 Å². The molecule has 1 saturated heterocycles. The quantitative estimate of drug-likeness (QED) is 0.582. The predicted molar refractivity (Wildman–Crippen MR) is 115 cm³/mol. The van der Waals surface area contributed by atoms with Crippen molar-refractivity contribution < 1.29 is 4.79 Å². The average Bonchev–Trinajstić information content (AvgIpc) is 3.20. The molecule has 4 rings (SSSR count). The number of hydrogen-bond donors (Lipinski definition) is 0. The Bertz CT molecular complexity index is 1040. The van der Waals surface area contributed by atoms with Crippen LogP contribution in [-0.2, 0) is 4.79 Å². The standard InChI is InChI=1S/C20H27N5OS2/c1-11(2)17-21-19-16(13(4)14(5)28-19)18-22-23-20(25(17)18)27-10-15(26)24-9-7-6-8-12(24)3/h11-12H,6-10H2,1-5H3/t12-/m1/s1. The SMILES string of the molecule is Cc1sc2nc(C(C)C)n3c(SCC(=O)N4CCCC[C@H]4C)nnc3c2c1C. The van der Waals surface area contributed by atoms with E-state index in [0.717, 1.165) is 46.2 Å². The Kier molecular flexibility index (Phi) is 5.35. The third-order valence-electron chi connectivity index (χ3n) is 5.63. The molecule has 1 fully saturated rings. The lowest BCUT2D eigenvalue weighted by Gasteiger charge is -2.33. The Morgan fingerprint density at radius 1 is 1.29 bits per heavy atom. The summed E-state index contributed by atoms with van der Waals surface area (Å²) in [7, 11) is 0. The summed E-state index contributed by atoms with van der Waals surface area (Å²) in [6.45, 7) is 11.5. The van der Waals surface area contributed by atoms with Crippen molar-refractivity contribution in [2.45, 2.75) is 71.0 Å². The summed E-state index contributed by atoms with van der Waals surface area (Å²) < 4.78 is 2.06. The van der Waals surface area contributed by atoms with Gasteiger partial charge in [0, 0.05) is 23.4 Å². The first kappa shape index (κ1) is 19.6. The first-order valence-electron chi connectivity index (χ1n) is 9.95. The summed E-state index contributed by atoms with van der Waals surface area (Å²) >= 11 is 3.19. The van der Waals surface area contributed by atoms with Crippen LogP contribution in [0.3, 0.4) is 0 Å². The average molecular weight is 418 g/mol. The number of amides is 1. The van der Waals surface area contributed by atoms with E-state index >= 15 is 0 Å². The van der Waals surface area contributed by atoms with Crippen LogP contribution in [0.15, 0.2) is 5.16 Å². The van der Waals surface area contributed by atoms with Crippen LogP contribution in [0.4, 0.5) is 0 Å². The normalized spacial score (nSPS) is 17.9. The van der Waals surface area contributed by atoms with Crippen LogP contribution in [-0.4, -0.2) is 48.7 Å². The minimum Gasteiger partial charge on any atom is -0.339 e. The van der Waals surface area contributed by atoms with Crippen molar-refractivity contribution in [3.05, 3.63) is 16.3 Å². The lowest BCUT2D eigenvalue weighted by molar-refractivity contribution is -0.131. The van der Waals surface area contributed by atoms with Gasteiger partial charge in [-0.25, -0.2) is 4.98 Å². The molecule has 3 aromatic rings. The summed E-state index contributed by atoms with van der Waals surface area (Å²) in [6, 6.07) is 0.334. The fourth-order valence-corrected chi connectivity index (χ4v) is 5.76. The minimum absolute atomic E-state index is 0.191. The van der Waals surface area contributed by atoms with Crippen molar-refractivity contribution in [2.75, 3.05) is 12.3 Å². The van der Waals surface area contributed by atoms with Gasteiger partial charge < -0.3 is 4.90 Å². The lowest BCUT2D eigenvalue weighted by atomic mass is 10.0. The highest BCUT2D eigenvalue weighted by molar-refractivity contribution is 7.99. The summed E-state index contributed by atoms with van der Waals surface area (Å²) in [5.74, 6) is 1.77. The fraction of sp³-hybridized carbons (Fsp3) is 0.600. The third kappa shape index (κ3) is 3.30. The highest BCUT2D eigenvalue weighted by Crippen LogP contribution is 2.34. The Balaban J connectivity index is 1.70. The maximum absolute atomic E-state index is 12.8. The largest absolute Gasteiger partial charge is 0.339 e. The van der Waals surface area contributed by atoms with E-state index in [4.69, 9.17) is 4.98 Å². The summed E-state index contributed by atoms with van der Waals surface area (Å²) in [5.41, 5.74) is 2.08. The number of thioether (sulfide) groups is 1. The van der Waals surface area contributed by atoms with Gasteiger partial charge in [-0.1, -0.05) is 25.6 Å². The highest BCUT2D eigenvalue weighted by Gasteiger charge is 2.25. The van der Waals surface area contributed by atoms with Crippen LogP contribution >= 0.6 is 23.1 Å². The molecule has 6 nitrogen and oxygen atoms in total. The molecule has 4 heterocycles. The summed E-state index contributed by atoms with van der Waals surface area (Å²) in [6.07, 6.45) is 3.41. The Morgan fingerprint density at radius 2 is 2.07 bits per heavy atom. The van der Waals surface area contributed by atoms with Crippen LogP contribution in [0.25, 0.3) is 15.9 Å². The molecule has 1 amide bonds. The number of carbonyl (C=O) groups excluding carboxylic acids is 1. The molecule has 0 spiro atoms. The molecule has 28 heavy (non-hydrogen) atoms. The smallest absolute Gasteiger partial charge is 0.233 e. The maximum atomic E-state index is 12.8. The zero-order chi connectivity index (χ0) is 20.0. The van der Waals surface area contributed by atoms with E-state index in [9.17, 15) is 4.79 Å². The van der Waals surface area contributed by atoms with E-state index in [2.05, 4.69) is 49.2 Å². The molecule has 0 saturated carbocycles. The van der Waals surface area contributed by atoms with Gasteiger partial charge in [0.05, 0.1) is 11.1 Å². The molecular weight excluding hydrogens is 390 g/mol. The second kappa shape index (κ2) is 7.63. The van der Waals surface area contributed by atoms with E-state index in [1.54, 1.807) is 11.3 Å². The van der Waals surface area contributed by atoms with Crippen molar-refractivity contribution >= 4 is 44.9 Å². The molecule has 0 aromatic carbocycles. The maximum Gasteiger partial charge on any atom is 0.233 e. The van der Waals surface area contributed by atoms with Crippen LogP contribution in [0.2, 0.25) is 0 Å². The van der Waals surface area contributed by atoms with Gasteiger partial charge in [-0.2, -0.15) is 0 Å². The molecule has 0 bridgehead atoms. The van der Waals surface area contributed by atoms with Gasteiger partial charge in [-0.15, -0.1) is 21.5 Å². The van der Waals surface area contributed by atoms with Gasteiger partial charge in [-0.05, 0) is 45.6 Å². The number of carbonyl (C=O) groups is 1. The van der Waals surface area contributed by atoms with Gasteiger partial charge >= 0.3 is 0 Å². The fourth-order valence-electron chi connectivity index (χ4n) is 3.90. The zero-order valence-corrected chi connectivity index (χ0v) is 18.8. The Hall–Kier alpha value is -1.67. The molecule has 0 radical (unpaired) electrons. The van der Waals surface area contributed by atoms with Crippen molar-refractivity contribution in [1.82, 2.24) is 24.5 Å². The first-order valence-corrected chi connectivity index (χ1v) is 11.8. The molecule has 0 unspecified atom stereocenters. The van der Waals surface area contributed by atoms with E-state index in [1.165, 1.54) is 28.6 Å². The molecule has 1 aliphatic rings. The monoisotopic (exact) mass is 417 g/mol. The number of thiophene rings is 1. The van der Waals surface area contributed by atoms with Crippen LogP contribution in [0.5, 0.6) is 0 Å². The van der Waals surface area contributed by atoms with Gasteiger partial charge in [0.1, 0.15) is 10.7 Å². The Labute approximate surface area is 173 Å². The number of hydrogen-bond acceptors (Lipinski definition) is 6. The van der Waals surface area contributed by atoms with E-state index < -0.39 is 0 Å². The lowest BCUT2D eigenvalue weighted by Crippen LogP contribution is -2.42. The molecule has 3 aromatic heterocycles. The molecular formula is C20H27N5OS2. The van der Waals surface area contributed by atoms with Crippen LogP contribution in [0, 0.1) is 13.8 Å². The molecule has 8 heteroatoms. The highest BCUT2D eigenvalue weighted by atomic mass is 32.2. The molecule has 1 atom stereocenters. The molecule has 0 N–H and O–H groups in total.